The molecule has 0 saturated heterocycles. The fraction of sp³-hybridized carbons (Fsp3) is 0.143. The molecule has 2 heterocycles. The Labute approximate surface area is 297 Å². The first-order valence-electron chi connectivity index (χ1n) is 16.9. The Balaban J connectivity index is 1.25. The van der Waals surface area contributed by atoms with Crippen molar-refractivity contribution in [2.75, 3.05) is 21.3 Å². The molecule has 0 fully saturated rings. The van der Waals surface area contributed by atoms with Crippen LogP contribution < -0.4 is 21.3 Å². The summed E-state index contributed by atoms with van der Waals surface area (Å²) in [5.74, 6) is 0.882. The van der Waals surface area contributed by atoms with E-state index in [1.165, 1.54) is 5.56 Å². The van der Waals surface area contributed by atoms with Gasteiger partial charge in [-0.05, 0) is 70.6 Å². The van der Waals surface area contributed by atoms with E-state index in [1.807, 2.05) is 114 Å². The zero-order chi connectivity index (χ0) is 35.4. The Kier molecular flexibility index (Phi) is 9.18. The molecule has 9 heteroatoms. The molecular weight excluding hydrogens is 633 g/mol. The van der Waals surface area contributed by atoms with Gasteiger partial charge in [-0.15, -0.1) is 0 Å². The highest BCUT2D eigenvalue weighted by Gasteiger charge is 2.21. The summed E-state index contributed by atoms with van der Waals surface area (Å²) in [6.07, 6.45) is 1.76. The van der Waals surface area contributed by atoms with E-state index in [0.717, 1.165) is 16.8 Å². The number of anilines is 5. The number of fused-ring (bicyclic) bond motifs is 1. The molecule has 5 aromatic carbocycles. The second-order valence-corrected chi connectivity index (χ2v) is 13.6. The third kappa shape index (κ3) is 7.73. The van der Waals surface area contributed by atoms with Crippen LogP contribution in [0.5, 0.6) is 0 Å². The first-order chi connectivity index (χ1) is 24.7. The number of amides is 1. The smallest absolute Gasteiger partial charge is 0.255 e. The van der Waals surface area contributed by atoms with Gasteiger partial charge in [0.05, 0.1) is 5.69 Å². The lowest BCUT2D eigenvalue weighted by Crippen LogP contribution is -2.24. The lowest BCUT2D eigenvalue weighted by molar-refractivity contribution is 0.102. The summed E-state index contributed by atoms with van der Waals surface area (Å²) in [6.45, 7) is 7.66. The number of rotatable bonds is 10. The van der Waals surface area contributed by atoms with E-state index in [-0.39, 0.29) is 11.3 Å². The summed E-state index contributed by atoms with van der Waals surface area (Å²) in [6, 6.07) is 43.5. The second kappa shape index (κ2) is 14.2. The van der Waals surface area contributed by atoms with Gasteiger partial charge in [0.1, 0.15) is 6.33 Å². The van der Waals surface area contributed by atoms with E-state index in [0.29, 0.717) is 58.6 Å². The van der Waals surface area contributed by atoms with E-state index in [2.05, 4.69) is 60.6 Å². The SMILES string of the molecule is CC(C)(C)c1ccc(C(=O)Nc2cccc(Nc3nc(N(Cc4ccccc4)Cc4ccccc4)c4ncn(-c5cccc(N)c5)c4n3)c2)cc1. The van der Waals surface area contributed by atoms with Gasteiger partial charge < -0.3 is 21.3 Å². The van der Waals surface area contributed by atoms with Gasteiger partial charge in [0.25, 0.3) is 5.91 Å². The van der Waals surface area contributed by atoms with Crippen molar-refractivity contribution in [3.63, 3.8) is 0 Å². The number of carbonyl (C=O) groups excluding carboxylic acids is 1. The van der Waals surface area contributed by atoms with Crippen molar-refractivity contribution in [2.24, 2.45) is 0 Å². The number of imidazole rings is 1. The maximum absolute atomic E-state index is 13.2. The molecule has 7 aromatic rings. The summed E-state index contributed by atoms with van der Waals surface area (Å²) in [4.78, 5) is 30.3. The number of carbonyl (C=O) groups is 1. The van der Waals surface area contributed by atoms with Crippen LogP contribution in [-0.4, -0.2) is 25.4 Å². The Morgan fingerprint density at radius 3 is 2.04 bits per heavy atom. The maximum Gasteiger partial charge on any atom is 0.255 e. The molecule has 0 spiro atoms. The molecule has 7 rings (SSSR count). The summed E-state index contributed by atoms with van der Waals surface area (Å²) >= 11 is 0. The molecule has 0 bridgehead atoms. The molecule has 0 aliphatic carbocycles. The fourth-order valence-corrected chi connectivity index (χ4v) is 5.97. The standard InChI is InChI=1S/C42H40N8O/c1-42(2,3)32-22-20-31(21-23-32)40(51)45-34-17-11-18-35(25-34)46-41-47-38(37-39(48-41)50(28-44-37)36-19-10-16-33(43)24-36)49(26-29-12-6-4-7-13-29)27-30-14-8-5-9-15-30/h4-25,28H,26-27,43H2,1-3H3,(H,45,51)(H,46,47,48). The van der Waals surface area contributed by atoms with Gasteiger partial charge in [0.2, 0.25) is 5.95 Å². The van der Waals surface area contributed by atoms with Crippen molar-refractivity contribution in [3.05, 3.63) is 162 Å². The number of benzene rings is 5. The molecule has 0 aliphatic heterocycles. The average molecular weight is 673 g/mol. The minimum Gasteiger partial charge on any atom is -0.399 e. The predicted octanol–water partition coefficient (Wildman–Crippen LogP) is 8.90. The van der Waals surface area contributed by atoms with Crippen LogP contribution in [0.15, 0.2) is 140 Å². The van der Waals surface area contributed by atoms with Gasteiger partial charge in [-0.1, -0.05) is 106 Å². The number of nitrogens with one attached hydrogen (secondary N) is 2. The summed E-state index contributed by atoms with van der Waals surface area (Å²) < 4.78 is 1.92. The summed E-state index contributed by atoms with van der Waals surface area (Å²) in [7, 11) is 0. The van der Waals surface area contributed by atoms with Gasteiger partial charge in [-0.2, -0.15) is 9.97 Å². The van der Waals surface area contributed by atoms with Crippen LogP contribution in [0.4, 0.5) is 28.8 Å². The minimum absolute atomic E-state index is 0.00618. The molecular formula is C42H40N8O. The molecule has 0 aliphatic rings. The molecule has 2 aromatic heterocycles. The quantitative estimate of drug-likeness (QED) is 0.124. The van der Waals surface area contributed by atoms with Crippen molar-refractivity contribution >= 4 is 45.9 Å². The average Bonchev–Trinajstić information content (AvgIpc) is 3.56. The lowest BCUT2D eigenvalue weighted by Gasteiger charge is -2.25. The Morgan fingerprint density at radius 2 is 1.39 bits per heavy atom. The first kappa shape index (κ1) is 33.0. The molecule has 0 radical (unpaired) electrons. The van der Waals surface area contributed by atoms with Gasteiger partial charge in [0.15, 0.2) is 17.0 Å². The second-order valence-electron chi connectivity index (χ2n) is 13.6. The van der Waals surface area contributed by atoms with Gasteiger partial charge in [-0.3, -0.25) is 9.36 Å². The Hall–Kier alpha value is -6.48. The molecule has 0 unspecified atom stereocenters. The van der Waals surface area contributed by atoms with Crippen molar-refractivity contribution < 1.29 is 4.79 Å². The van der Waals surface area contributed by atoms with Gasteiger partial charge in [0, 0.05) is 35.7 Å². The minimum atomic E-state index is -0.184. The summed E-state index contributed by atoms with van der Waals surface area (Å²) in [5, 5.41) is 6.44. The topological polar surface area (TPSA) is 114 Å². The third-order valence-corrected chi connectivity index (χ3v) is 8.65. The van der Waals surface area contributed by atoms with Crippen molar-refractivity contribution in [2.45, 2.75) is 39.3 Å². The normalized spacial score (nSPS) is 11.4. The number of hydrogen-bond acceptors (Lipinski definition) is 7. The van der Waals surface area contributed by atoms with Gasteiger partial charge >= 0.3 is 0 Å². The molecule has 0 saturated carbocycles. The van der Waals surface area contributed by atoms with E-state index in [1.54, 1.807) is 6.33 Å². The maximum atomic E-state index is 13.2. The van der Waals surface area contributed by atoms with Crippen LogP contribution in [0.2, 0.25) is 0 Å². The Morgan fingerprint density at radius 1 is 0.745 bits per heavy atom. The van der Waals surface area contributed by atoms with Crippen LogP contribution in [-0.2, 0) is 18.5 Å². The highest BCUT2D eigenvalue weighted by atomic mass is 16.1. The molecule has 9 nitrogen and oxygen atoms in total. The van der Waals surface area contributed by atoms with Crippen LogP contribution in [0.3, 0.4) is 0 Å². The van der Waals surface area contributed by atoms with Crippen LogP contribution in [0, 0.1) is 0 Å². The third-order valence-electron chi connectivity index (χ3n) is 8.65. The number of nitrogens with two attached hydrogens (primary N) is 1. The molecule has 4 N–H and O–H groups in total. The molecule has 1 amide bonds. The van der Waals surface area contributed by atoms with Crippen molar-refractivity contribution in [3.8, 4) is 5.69 Å². The van der Waals surface area contributed by atoms with Crippen LogP contribution >= 0.6 is 0 Å². The number of aromatic nitrogens is 4. The van der Waals surface area contributed by atoms with Gasteiger partial charge in [-0.25, -0.2) is 4.98 Å². The fourth-order valence-electron chi connectivity index (χ4n) is 5.97. The monoisotopic (exact) mass is 672 g/mol. The number of hydrogen-bond donors (Lipinski definition) is 3. The highest BCUT2D eigenvalue weighted by molar-refractivity contribution is 6.04. The number of nitrogen functional groups attached to an aromatic ring is 1. The predicted molar refractivity (Wildman–Crippen MR) is 207 cm³/mol. The zero-order valence-corrected chi connectivity index (χ0v) is 28.9. The van der Waals surface area contributed by atoms with E-state index >= 15 is 0 Å². The Bertz CT molecular complexity index is 2240. The van der Waals surface area contributed by atoms with Crippen LogP contribution in [0.25, 0.3) is 16.9 Å². The van der Waals surface area contributed by atoms with E-state index in [9.17, 15) is 4.79 Å². The van der Waals surface area contributed by atoms with Crippen molar-refractivity contribution in [1.29, 1.82) is 0 Å². The van der Waals surface area contributed by atoms with Crippen LogP contribution in [0.1, 0.15) is 47.8 Å². The number of nitrogens with zero attached hydrogens (tertiary/aromatic N) is 5. The molecule has 0 atom stereocenters. The largest absolute Gasteiger partial charge is 0.399 e. The lowest BCUT2D eigenvalue weighted by atomic mass is 9.87. The molecule has 254 valence electrons. The highest BCUT2D eigenvalue weighted by Crippen LogP contribution is 2.31. The van der Waals surface area contributed by atoms with E-state index in [4.69, 9.17) is 20.7 Å². The first-order valence-corrected chi connectivity index (χ1v) is 16.9. The van der Waals surface area contributed by atoms with E-state index < -0.39 is 0 Å². The van der Waals surface area contributed by atoms with Crippen molar-refractivity contribution in [1.82, 2.24) is 19.5 Å². The molecule has 51 heavy (non-hydrogen) atoms. The summed E-state index contributed by atoms with van der Waals surface area (Å²) in [5.41, 5.74) is 14.4. The zero-order valence-electron chi connectivity index (χ0n) is 28.9.